The molecule has 20 heavy (non-hydrogen) atoms. The van der Waals surface area contributed by atoms with Crippen LogP contribution in [0.3, 0.4) is 0 Å². The average Bonchev–Trinajstić information content (AvgIpc) is 2.36. The summed E-state index contributed by atoms with van der Waals surface area (Å²) >= 11 is 0. The number of amides is 2. The summed E-state index contributed by atoms with van der Waals surface area (Å²) in [5, 5.41) is 4.56. The molecule has 0 atom stereocenters. The molecule has 0 radical (unpaired) electrons. The first-order valence-corrected chi connectivity index (χ1v) is 5.62. The Morgan fingerprint density at radius 3 is 2.40 bits per heavy atom. The van der Waals surface area contributed by atoms with Crippen LogP contribution in [0.15, 0.2) is 30.0 Å². The predicted molar refractivity (Wildman–Crippen MR) is 67.3 cm³/mol. The highest BCUT2D eigenvalue weighted by Gasteiger charge is 2.30. The smallest absolute Gasteiger partial charge is 0.354 e. The van der Waals surface area contributed by atoms with Gasteiger partial charge in [-0.05, 0) is 23.8 Å². The van der Waals surface area contributed by atoms with Gasteiger partial charge in [0.1, 0.15) is 5.70 Å². The Labute approximate surface area is 113 Å². The summed E-state index contributed by atoms with van der Waals surface area (Å²) in [6, 6.07) is 4.45. The Bertz CT molecular complexity index is 551. The van der Waals surface area contributed by atoms with Crippen LogP contribution in [0, 0.1) is 0 Å². The molecule has 1 aromatic carbocycles. The lowest BCUT2D eigenvalue weighted by Crippen LogP contribution is -2.31. The van der Waals surface area contributed by atoms with E-state index in [1.165, 1.54) is 32.2 Å². The Morgan fingerprint density at radius 2 is 1.90 bits per heavy atom. The van der Waals surface area contributed by atoms with E-state index in [0.29, 0.717) is 0 Å². The summed E-state index contributed by atoms with van der Waals surface area (Å²) < 4.78 is 37.7. The number of halogens is 3. The van der Waals surface area contributed by atoms with Gasteiger partial charge in [-0.15, -0.1) is 0 Å². The van der Waals surface area contributed by atoms with Crippen molar-refractivity contribution in [3.05, 3.63) is 41.1 Å². The Balaban J connectivity index is 3.17. The Kier molecular flexibility index (Phi) is 4.90. The van der Waals surface area contributed by atoms with Gasteiger partial charge in [-0.3, -0.25) is 9.59 Å². The van der Waals surface area contributed by atoms with Gasteiger partial charge in [-0.25, -0.2) is 0 Å². The lowest BCUT2D eigenvalue weighted by atomic mass is 10.1. The molecular weight excluding hydrogens is 273 g/mol. The van der Waals surface area contributed by atoms with Gasteiger partial charge in [0.2, 0.25) is 5.91 Å². The zero-order valence-electron chi connectivity index (χ0n) is 10.8. The molecule has 2 amide bonds. The largest absolute Gasteiger partial charge is 0.416 e. The molecule has 1 rings (SSSR count). The van der Waals surface area contributed by atoms with E-state index in [9.17, 15) is 22.8 Å². The van der Waals surface area contributed by atoms with Gasteiger partial charge in [0, 0.05) is 14.0 Å². The molecule has 7 heteroatoms. The highest BCUT2D eigenvalue weighted by molar-refractivity contribution is 6.00. The molecule has 2 N–H and O–H groups in total. The molecule has 0 spiro atoms. The number of alkyl halides is 3. The van der Waals surface area contributed by atoms with E-state index in [-0.39, 0.29) is 11.3 Å². The van der Waals surface area contributed by atoms with Crippen LogP contribution in [0.4, 0.5) is 13.2 Å². The minimum atomic E-state index is -4.47. The maximum absolute atomic E-state index is 12.6. The van der Waals surface area contributed by atoms with Crippen LogP contribution in [0.5, 0.6) is 0 Å². The molecule has 1 aromatic rings. The molecule has 0 heterocycles. The molecule has 0 aliphatic rings. The summed E-state index contributed by atoms with van der Waals surface area (Å²) in [5.74, 6) is -1.09. The summed E-state index contributed by atoms with van der Waals surface area (Å²) in [4.78, 5) is 22.5. The number of rotatable bonds is 3. The number of hydrogen-bond acceptors (Lipinski definition) is 2. The van der Waals surface area contributed by atoms with E-state index >= 15 is 0 Å². The van der Waals surface area contributed by atoms with E-state index in [2.05, 4.69) is 10.6 Å². The minimum absolute atomic E-state index is 0.126. The lowest BCUT2D eigenvalue weighted by molar-refractivity contribution is -0.137. The highest BCUT2D eigenvalue weighted by atomic mass is 19.4. The Morgan fingerprint density at radius 1 is 1.25 bits per heavy atom. The Hall–Kier alpha value is -2.31. The molecule has 0 aliphatic heterocycles. The number of benzene rings is 1. The molecule has 4 nitrogen and oxygen atoms in total. The number of carbonyl (C=O) groups is 2. The normalized spacial score (nSPS) is 11.9. The van der Waals surface area contributed by atoms with Crippen LogP contribution in [0.1, 0.15) is 18.1 Å². The molecule has 108 valence electrons. The second-order valence-corrected chi connectivity index (χ2v) is 3.94. The quantitative estimate of drug-likeness (QED) is 0.834. The fourth-order valence-corrected chi connectivity index (χ4v) is 1.45. The van der Waals surface area contributed by atoms with Crippen molar-refractivity contribution < 1.29 is 22.8 Å². The number of carbonyl (C=O) groups excluding carboxylic acids is 2. The third-order valence-electron chi connectivity index (χ3n) is 2.31. The fourth-order valence-electron chi connectivity index (χ4n) is 1.45. The SMILES string of the molecule is CNC(=O)/C(=C\c1cccc(C(F)(F)F)c1)NC(C)=O. The molecule has 0 saturated heterocycles. The first-order valence-electron chi connectivity index (χ1n) is 5.62. The van der Waals surface area contributed by atoms with Crippen LogP contribution >= 0.6 is 0 Å². The third kappa shape index (κ3) is 4.42. The zero-order chi connectivity index (χ0) is 15.3. The summed E-state index contributed by atoms with van der Waals surface area (Å²) in [6.07, 6.45) is -3.29. The third-order valence-corrected chi connectivity index (χ3v) is 2.31. The standard InChI is InChI=1S/C13H13F3N2O2/c1-8(19)18-11(12(20)17-2)7-9-4-3-5-10(6-9)13(14,15)16/h3-7H,1-2H3,(H,17,20)(H,18,19)/b11-7+. The fraction of sp³-hybridized carbons (Fsp3) is 0.231. The highest BCUT2D eigenvalue weighted by Crippen LogP contribution is 2.29. The van der Waals surface area contributed by atoms with Crippen molar-refractivity contribution in [1.82, 2.24) is 10.6 Å². The van der Waals surface area contributed by atoms with Crippen molar-refractivity contribution in [2.45, 2.75) is 13.1 Å². The van der Waals surface area contributed by atoms with E-state index < -0.39 is 23.6 Å². The van der Waals surface area contributed by atoms with Gasteiger partial charge in [0.15, 0.2) is 0 Å². The maximum atomic E-state index is 12.6. The number of hydrogen-bond donors (Lipinski definition) is 2. The second-order valence-electron chi connectivity index (χ2n) is 3.94. The first kappa shape index (κ1) is 15.7. The second kappa shape index (κ2) is 6.23. The monoisotopic (exact) mass is 286 g/mol. The van der Waals surface area contributed by atoms with Crippen molar-refractivity contribution in [2.24, 2.45) is 0 Å². The van der Waals surface area contributed by atoms with Crippen molar-refractivity contribution in [1.29, 1.82) is 0 Å². The summed E-state index contributed by atoms with van der Waals surface area (Å²) in [5.41, 5.74) is -0.795. The van der Waals surface area contributed by atoms with E-state index in [0.717, 1.165) is 12.1 Å². The van der Waals surface area contributed by atoms with Crippen LogP contribution < -0.4 is 10.6 Å². The molecule has 0 saturated carbocycles. The molecule has 0 fully saturated rings. The van der Waals surface area contributed by atoms with Gasteiger partial charge in [0.25, 0.3) is 5.91 Å². The van der Waals surface area contributed by atoms with Gasteiger partial charge < -0.3 is 10.6 Å². The van der Waals surface area contributed by atoms with Crippen LogP contribution in [0.25, 0.3) is 6.08 Å². The van der Waals surface area contributed by atoms with Gasteiger partial charge in [0.05, 0.1) is 5.56 Å². The predicted octanol–water partition coefficient (Wildman–Crippen LogP) is 1.93. The van der Waals surface area contributed by atoms with Crippen molar-refractivity contribution in [3.8, 4) is 0 Å². The first-order chi connectivity index (χ1) is 9.24. The summed E-state index contributed by atoms with van der Waals surface area (Å²) in [6.45, 7) is 1.20. The lowest BCUT2D eigenvalue weighted by Gasteiger charge is -2.09. The van der Waals surface area contributed by atoms with Crippen LogP contribution in [-0.2, 0) is 15.8 Å². The molecular formula is C13H13F3N2O2. The number of nitrogens with one attached hydrogen (secondary N) is 2. The molecule has 0 aromatic heterocycles. The summed E-state index contributed by atoms with van der Waals surface area (Å²) in [7, 11) is 1.35. The van der Waals surface area contributed by atoms with Crippen LogP contribution in [0.2, 0.25) is 0 Å². The van der Waals surface area contributed by atoms with Crippen molar-refractivity contribution in [2.75, 3.05) is 7.05 Å². The van der Waals surface area contributed by atoms with Gasteiger partial charge in [-0.1, -0.05) is 12.1 Å². The van der Waals surface area contributed by atoms with Crippen molar-refractivity contribution >= 4 is 17.9 Å². The maximum Gasteiger partial charge on any atom is 0.416 e. The average molecular weight is 286 g/mol. The molecule has 0 unspecified atom stereocenters. The van der Waals surface area contributed by atoms with Gasteiger partial charge >= 0.3 is 6.18 Å². The van der Waals surface area contributed by atoms with E-state index in [1.54, 1.807) is 0 Å². The molecule has 0 bridgehead atoms. The van der Waals surface area contributed by atoms with Crippen LogP contribution in [-0.4, -0.2) is 18.9 Å². The van der Waals surface area contributed by atoms with E-state index in [1.807, 2.05) is 0 Å². The minimum Gasteiger partial charge on any atom is -0.354 e. The van der Waals surface area contributed by atoms with Gasteiger partial charge in [-0.2, -0.15) is 13.2 Å². The number of likely N-dealkylation sites (N-methyl/N-ethyl adjacent to an activating group) is 1. The molecule has 0 aliphatic carbocycles. The topological polar surface area (TPSA) is 58.2 Å². The van der Waals surface area contributed by atoms with E-state index in [4.69, 9.17) is 0 Å². The zero-order valence-corrected chi connectivity index (χ0v) is 10.8. The van der Waals surface area contributed by atoms with Crippen molar-refractivity contribution in [3.63, 3.8) is 0 Å².